The van der Waals surface area contributed by atoms with Gasteiger partial charge in [0.1, 0.15) is 5.75 Å². The van der Waals surface area contributed by atoms with E-state index in [0.29, 0.717) is 5.75 Å². The van der Waals surface area contributed by atoms with Crippen LogP contribution in [0.3, 0.4) is 0 Å². The molecule has 0 N–H and O–H groups in total. The summed E-state index contributed by atoms with van der Waals surface area (Å²) in [6.45, 7) is 2.89. The van der Waals surface area contributed by atoms with Gasteiger partial charge in [-0.3, -0.25) is 0 Å². The molecular formula is C14H20F3NO. The van der Waals surface area contributed by atoms with Gasteiger partial charge in [-0.1, -0.05) is 6.92 Å². The van der Waals surface area contributed by atoms with Gasteiger partial charge in [0.05, 0.1) is 11.7 Å². The highest BCUT2D eigenvalue weighted by molar-refractivity contribution is 5.29. The highest BCUT2D eigenvalue weighted by Gasteiger charge is 2.30. The third-order valence-corrected chi connectivity index (χ3v) is 2.84. The summed E-state index contributed by atoms with van der Waals surface area (Å²) >= 11 is 0. The number of hydrogen-bond donors (Lipinski definition) is 0. The number of ether oxygens (including phenoxy) is 1. The van der Waals surface area contributed by atoms with Crippen LogP contribution in [0, 0.1) is 0 Å². The van der Waals surface area contributed by atoms with Crippen molar-refractivity contribution in [1.29, 1.82) is 0 Å². The minimum absolute atomic E-state index is 0.0270. The molecule has 2 nitrogen and oxygen atoms in total. The van der Waals surface area contributed by atoms with E-state index < -0.39 is 11.7 Å². The normalized spacial score (nSPS) is 13.6. The van der Waals surface area contributed by atoms with Crippen LogP contribution in [0.5, 0.6) is 5.75 Å². The molecule has 0 aromatic heterocycles. The molecule has 1 atom stereocenters. The first-order chi connectivity index (χ1) is 8.82. The van der Waals surface area contributed by atoms with Crippen LogP contribution in [0.2, 0.25) is 0 Å². The zero-order valence-electron chi connectivity index (χ0n) is 11.5. The Bertz CT molecular complexity index is 373. The van der Waals surface area contributed by atoms with Gasteiger partial charge in [-0.15, -0.1) is 0 Å². The predicted octanol–water partition coefficient (Wildman–Crippen LogP) is 3.81. The van der Waals surface area contributed by atoms with Crippen LogP contribution >= 0.6 is 0 Å². The molecule has 108 valence electrons. The van der Waals surface area contributed by atoms with Gasteiger partial charge in [0.2, 0.25) is 0 Å². The number of halogens is 3. The SMILES string of the molecule is CCC(CCN(C)C)Oc1ccc(C(F)(F)F)cc1. The van der Waals surface area contributed by atoms with Gasteiger partial charge in [-0.05, 0) is 51.2 Å². The van der Waals surface area contributed by atoms with E-state index in [9.17, 15) is 13.2 Å². The maximum absolute atomic E-state index is 12.4. The second kappa shape index (κ2) is 6.80. The van der Waals surface area contributed by atoms with Crippen molar-refractivity contribution >= 4 is 0 Å². The van der Waals surface area contributed by atoms with E-state index in [0.717, 1.165) is 31.5 Å². The average molecular weight is 275 g/mol. The Balaban J connectivity index is 2.60. The molecule has 0 amide bonds. The maximum atomic E-state index is 12.4. The minimum Gasteiger partial charge on any atom is -0.490 e. The van der Waals surface area contributed by atoms with Crippen LogP contribution in [0.15, 0.2) is 24.3 Å². The zero-order chi connectivity index (χ0) is 14.5. The largest absolute Gasteiger partial charge is 0.490 e. The molecule has 0 aliphatic heterocycles. The molecule has 1 rings (SSSR count). The lowest BCUT2D eigenvalue weighted by Crippen LogP contribution is -2.23. The van der Waals surface area contributed by atoms with E-state index in [1.54, 1.807) is 0 Å². The molecule has 0 bridgehead atoms. The molecule has 0 aliphatic carbocycles. The monoisotopic (exact) mass is 275 g/mol. The van der Waals surface area contributed by atoms with Gasteiger partial charge in [0.25, 0.3) is 0 Å². The van der Waals surface area contributed by atoms with Gasteiger partial charge in [-0.2, -0.15) is 13.2 Å². The van der Waals surface area contributed by atoms with Crippen molar-refractivity contribution in [2.75, 3.05) is 20.6 Å². The second-order valence-corrected chi connectivity index (χ2v) is 4.76. The van der Waals surface area contributed by atoms with E-state index in [1.807, 2.05) is 21.0 Å². The molecule has 0 fully saturated rings. The summed E-state index contributed by atoms with van der Waals surface area (Å²) in [6.07, 6.45) is -2.59. The smallest absolute Gasteiger partial charge is 0.416 e. The van der Waals surface area contributed by atoms with Crippen molar-refractivity contribution in [2.24, 2.45) is 0 Å². The zero-order valence-corrected chi connectivity index (χ0v) is 11.5. The summed E-state index contributed by atoms with van der Waals surface area (Å²) in [5, 5.41) is 0. The molecule has 0 saturated carbocycles. The molecule has 5 heteroatoms. The lowest BCUT2D eigenvalue weighted by Gasteiger charge is -2.20. The summed E-state index contributed by atoms with van der Waals surface area (Å²) in [5.74, 6) is 0.485. The van der Waals surface area contributed by atoms with Crippen LogP contribution in [0.4, 0.5) is 13.2 Å². The fourth-order valence-corrected chi connectivity index (χ4v) is 1.66. The Morgan fingerprint density at radius 2 is 1.74 bits per heavy atom. The Kier molecular flexibility index (Phi) is 5.66. The second-order valence-electron chi connectivity index (χ2n) is 4.76. The molecule has 19 heavy (non-hydrogen) atoms. The summed E-state index contributed by atoms with van der Waals surface area (Å²) < 4.78 is 42.9. The fraction of sp³-hybridized carbons (Fsp3) is 0.571. The molecule has 0 spiro atoms. The van der Waals surface area contributed by atoms with Crippen molar-refractivity contribution in [3.8, 4) is 5.75 Å². The fourth-order valence-electron chi connectivity index (χ4n) is 1.66. The van der Waals surface area contributed by atoms with E-state index in [-0.39, 0.29) is 6.10 Å². The van der Waals surface area contributed by atoms with Crippen molar-refractivity contribution < 1.29 is 17.9 Å². The van der Waals surface area contributed by atoms with Crippen molar-refractivity contribution in [2.45, 2.75) is 32.0 Å². The van der Waals surface area contributed by atoms with Crippen LogP contribution in [-0.2, 0) is 6.18 Å². The van der Waals surface area contributed by atoms with Crippen LogP contribution in [0.1, 0.15) is 25.3 Å². The predicted molar refractivity (Wildman–Crippen MR) is 69.3 cm³/mol. The molecule has 0 aliphatic rings. The summed E-state index contributed by atoms with van der Waals surface area (Å²) in [6, 6.07) is 4.85. The van der Waals surface area contributed by atoms with Crippen LogP contribution < -0.4 is 4.74 Å². The van der Waals surface area contributed by atoms with E-state index in [4.69, 9.17) is 4.74 Å². The van der Waals surface area contributed by atoms with Crippen molar-refractivity contribution in [1.82, 2.24) is 4.90 Å². The number of alkyl halides is 3. The summed E-state index contributed by atoms with van der Waals surface area (Å²) in [5.41, 5.74) is -0.652. The van der Waals surface area contributed by atoms with Gasteiger partial charge < -0.3 is 9.64 Å². The quantitative estimate of drug-likeness (QED) is 0.782. The Morgan fingerprint density at radius 1 is 1.16 bits per heavy atom. The average Bonchev–Trinajstić information content (AvgIpc) is 2.33. The third kappa shape index (κ3) is 5.51. The van der Waals surface area contributed by atoms with E-state index >= 15 is 0 Å². The number of nitrogens with zero attached hydrogens (tertiary/aromatic N) is 1. The maximum Gasteiger partial charge on any atom is 0.416 e. The Morgan fingerprint density at radius 3 is 2.16 bits per heavy atom. The lowest BCUT2D eigenvalue weighted by atomic mass is 10.2. The summed E-state index contributed by atoms with van der Waals surface area (Å²) in [4.78, 5) is 2.05. The van der Waals surface area contributed by atoms with Gasteiger partial charge in [0, 0.05) is 6.54 Å². The highest BCUT2D eigenvalue weighted by Crippen LogP contribution is 2.30. The van der Waals surface area contributed by atoms with E-state index in [2.05, 4.69) is 4.90 Å². The standard InChI is InChI=1S/C14H20F3NO/c1-4-12(9-10-18(2)3)19-13-7-5-11(6-8-13)14(15,16)17/h5-8,12H,4,9-10H2,1-3H3. The number of benzene rings is 1. The van der Waals surface area contributed by atoms with Crippen molar-refractivity contribution in [3.05, 3.63) is 29.8 Å². The molecule has 1 aromatic rings. The topological polar surface area (TPSA) is 12.5 Å². The Hall–Kier alpha value is -1.23. The lowest BCUT2D eigenvalue weighted by molar-refractivity contribution is -0.137. The van der Waals surface area contributed by atoms with Crippen LogP contribution in [-0.4, -0.2) is 31.6 Å². The van der Waals surface area contributed by atoms with Gasteiger partial charge in [0.15, 0.2) is 0 Å². The molecule has 0 heterocycles. The Labute approximate surface area is 112 Å². The van der Waals surface area contributed by atoms with Gasteiger partial charge >= 0.3 is 6.18 Å². The van der Waals surface area contributed by atoms with E-state index in [1.165, 1.54) is 12.1 Å². The highest BCUT2D eigenvalue weighted by atomic mass is 19.4. The molecule has 1 unspecified atom stereocenters. The number of hydrogen-bond acceptors (Lipinski definition) is 2. The molecule has 0 radical (unpaired) electrons. The first-order valence-corrected chi connectivity index (χ1v) is 6.31. The molecule has 1 aromatic carbocycles. The summed E-state index contributed by atoms with van der Waals surface area (Å²) in [7, 11) is 3.95. The third-order valence-electron chi connectivity index (χ3n) is 2.84. The minimum atomic E-state index is -4.30. The molecular weight excluding hydrogens is 255 g/mol. The molecule has 0 saturated heterocycles. The van der Waals surface area contributed by atoms with Crippen LogP contribution in [0.25, 0.3) is 0 Å². The first-order valence-electron chi connectivity index (χ1n) is 6.31. The first kappa shape index (κ1) is 15.8. The van der Waals surface area contributed by atoms with Gasteiger partial charge in [-0.25, -0.2) is 0 Å². The van der Waals surface area contributed by atoms with Crippen molar-refractivity contribution in [3.63, 3.8) is 0 Å². The number of rotatable bonds is 6.